The summed E-state index contributed by atoms with van der Waals surface area (Å²) in [5.74, 6) is 0. The third-order valence-electron chi connectivity index (χ3n) is 0. The zero-order valence-electron chi connectivity index (χ0n) is 2.84. The summed E-state index contributed by atoms with van der Waals surface area (Å²) in [6.07, 6.45) is 0. The SMILES string of the molecule is O=S(=O)([O-])[O-].S.[Cu+2]. The fourth-order valence-electron chi connectivity index (χ4n) is 0. The Balaban J connectivity index is -0.0000000800. The van der Waals surface area contributed by atoms with Crippen LogP contribution in [0.3, 0.4) is 0 Å². The molecule has 0 unspecified atom stereocenters. The van der Waals surface area contributed by atoms with E-state index in [-0.39, 0.29) is 30.6 Å². The maximum absolute atomic E-state index is 8.52. The van der Waals surface area contributed by atoms with Crippen LogP contribution in [0.4, 0.5) is 0 Å². The Kier molecular flexibility index (Phi) is 10.9. The van der Waals surface area contributed by atoms with Gasteiger partial charge >= 0.3 is 17.1 Å². The van der Waals surface area contributed by atoms with Crippen LogP contribution in [0, 0.1) is 0 Å². The van der Waals surface area contributed by atoms with Crippen LogP contribution in [0.2, 0.25) is 0 Å². The van der Waals surface area contributed by atoms with Crippen LogP contribution in [0.25, 0.3) is 0 Å². The predicted molar refractivity (Wildman–Crippen MR) is 20.9 cm³/mol. The summed E-state index contributed by atoms with van der Waals surface area (Å²) in [7, 11) is -5.17. The topological polar surface area (TPSA) is 80.3 Å². The Morgan fingerprint density at radius 2 is 1.14 bits per heavy atom. The monoisotopic (exact) mass is 193 g/mol. The molecule has 4 nitrogen and oxygen atoms in total. The molecule has 0 aromatic carbocycles. The molecule has 0 saturated carbocycles. The van der Waals surface area contributed by atoms with E-state index in [0.29, 0.717) is 0 Å². The van der Waals surface area contributed by atoms with Gasteiger partial charge in [-0.1, -0.05) is 0 Å². The normalized spacial score (nSPS) is 8.29. The molecule has 0 spiro atoms. The van der Waals surface area contributed by atoms with E-state index in [4.69, 9.17) is 17.5 Å². The van der Waals surface area contributed by atoms with Gasteiger partial charge in [-0.3, -0.25) is 8.42 Å². The van der Waals surface area contributed by atoms with Gasteiger partial charge in [0.15, 0.2) is 0 Å². The van der Waals surface area contributed by atoms with Gasteiger partial charge in [0.25, 0.3) is 0 Å². The van der Waals surface area contributed by atoms with E-state index in [1.54, 1.807) is 0 Å². The zero-order chi connectivity index (χ0) is 4.50. The Bertz CT molecular complexity index is 92.9. The minimum Gasteiger partial charge on any atom is -0.759 e. The van der Waals surface area contributed by atoms with Crippen LogP contribution < -0.4 is 0 Å². The Hall–Kier alpha value is 0.739. The molecule has 0 aliphatic heterocycles. The molecule has 0 atom stereocenters. The largest absolute Gasteiger partial charge is 2.00 e. The summed E-state index contributed by atoms with van der Waals surface area (Å²) < 4.78 is 34.1. The molecule has 0 aliphatic carbocycles. The summed E-state index contributed by atoms with van der Waals surface area (Å²) in [6.45, 7) is 0. The predicted octanol–water partition coefficient (Wildman–Crippen LogP) is -1.23. The van der Waals surface area contributed by atoms with Crippen LogP contribution in [-0.4, -0.2) is 17.5 Å². The molecule has 0 rings (SSSR count). The molecule has 7 heavy (non-hydrogen) atoms. The second kappa shape index (κ2) is 4.89. The molecular formula is H2CuO4S2. The van der Waals surface area contributed by atoms with Crippen molar-refractivity contribution in [2.24, 2.45) is 0 Å². The van der Waals surface area contributed by atoms with Gasteiger partial charge < -0.3 is 9.11 Å². The van der Waals surface area contributed by atoms with Gasteiger partial charge in [0.2, 0.25) is 0 Å². The van der Waals surface area contributed by atoms with Gasteiger partial charge in [0.05, 0.1) is 0 Å². The molecule has 49 valence electrons. The van der Waals surface area contributed by atoms with Crippen LogP contribution in [-0.2, 0) is 27.5 Å². The van der Waals surface area contributed by atoms with E-state index in [0.717, 1.165) is 0 Å². The maximum atomic E-state index is 8.52. The smallest absolute Gasteiger partial charge is 0.759 e. The fourth-order valence-corrected chi connectivity index (χ4v) is 0. The summed E-state index contributed by atoms with van der Waals surface area (Å²) in [5.41, 5.74) is 0. The van der Waals surface area contributed by atoms with Crippen molar-refractivity contribution in [1.82, 2.24) is 0 Å². The second-order valence-corrected chi connectivity index (χ2v) is 1.22. The molecule has 0 bridgehead atoms. The molecule has 0 aliphatic rings. The maximum Gasteiger partial charge on any atom is 2.00 e. The van der Waals surface area contributed by atoms with Crippen molar-refractivity contribution in [3.8, 4) is 0 Å². The van der Waals surface area contributed by atoms with E-state index >= 15 is 0 Å². The summed E-state index contributed by atoms with van der Waals surface area (Å²) in [4.78, 5) is 0. The van der Waals surface area contributed by atoms with E-state index in [1.807, 2.05) is 0 Å². The minimum atomic E-state index is -5.17. The summed E-state index contributed by atoms with van der Waals surface area (Å²) >= 11 is 0. The first-order valence-electron chi connectivity index (χ1n) is 0.667. The van der Waals surface area contributed by atoms with Gasteiger partial charge in [-0.25, -0.2) is 0 Å². The molecule has 1 radical (unpaired) electrons. The summed E-state index contributed by atoms with van der Waals surface area (Å²) in [5, 5.41) is 0. The first-order valence-corrected chi connectivity index (χ1v) is 2.00. The molecule has 0 N–H and O–H groups in total. The number of hydrogen-bond donors (Lipinski definition) is 0. The Morgan fingerprint density at radius 1 is 1.14 bits per heavy atom. The average molecular weight is 194 g/mol. The second-order valence-electron chi connectivity index (χ2n) is 0.408. The third-order valence-corrected chi connectivity index (χ3v) is 0. The van der Waals surface area contributed by atoms with Crippen LogP contribution in [0.15, 0.2) is 0 Å². The van der Waals surface area contributed by atoms with Crippen LogP contribution in [0.5, 0.6) is 0 Å². The van der Waals surface area contributed by atoms with E-state index in [9.17, 15) is 0 Å². The van der Waals surface area contributed by atoms with Gasteiger partial charge in [0.1, 0.15) is 0 Å². The number of rotatable bonds is 0. The van der Waals surface area contributed by atoms with Crippen molar-refractivity contribution in [2.45, 2.75) is 0 Å². The Labute approximate surface area is 58.8 Å². The van der Waals surface area contributed by atoms with Gasteiger partial charge in [-0.05, 0) is 0 Å². The third kappa shape index (κ3) is 277. The molecule has 7 heteroatoms. The van der Waals surface area contributed by atoms with Crippen molar-refractivity contribution in [1.29, 1.82) is 0 Å². The van der Waals surface area contributed by atoms with E-state index in [2.05, 4.69) is 0 Å². The molecule has 0 aromatic heterocycles. The first kappa shape index (κ1) is 15.6. The molecule has 0 heterocycles. The quantitative estimate of drug-likeness (QED) is 0.274. The van der Waals surface area contributed by atoms with Crippen LogP contribution in [0.1, 0.15) is 0 Å². The first-order chi connectivity index (χ1) is 2.00. The van der Waals surface area contributed by atoms with Crippen molar-refractivity contribution in [3.05, 3.63) is 0 Å². The van der Waals surface area contributed by atoms with Gasteiger partial charge in [-0.2, -0.15) is 13.5 Å². The fraction of sp³-hybridized carbons (Fsp3) is 0. The average Bonchev–Trinajstić information content (AvgIpc) is 0.722. The molecule has 0 fully saturated rings. The Morgan fingerprint density at radius 3 is 1.14 bits per heavy atom. The van der Waals surface area contributed by atoms with Crippen molar-refractivity contribution in [2.75, 3.05) is 0 Å². The van der Waals surface area contributed by atoms with Crippen molar-refractivity contribution < 1.29 is 34.6 Å². The molecule has 0 amide bonds. The molecule has 0 saturated heterocycles. The van der Waals surface area contributed by atoms with Crippen molar-refractivity contribution in [3.63, 3.8) is 0 Å². The summed E-state index contributed by atoms with van der Waals surface area (Å²) in [6, 6.07) is 0. The molecular weight excluding hydrogens is 192 g/mol. The van der Waals surface area contributed by atoms with Crippen LogP contribution >= 0.6 is 13.5 Å². The van der Waals surface area contributed by atoms with Crippen molar-refractivity contribution >= 4 is 23.9 Å². The van der Waals surface area contributed by atoms with E-state index in [1.165, 1.54) is 0 Å². The van der Waals surface area contributed by atoms with Gasteiger partial charge in [-0.15, -0.1) is 0 Å². The van der Waals surface area contributed by atoms with E-state index < -0.39 is 10.4 Å². The van der Waals surface area contributed by atoms with Gasteiger partial charge in [0, 0.05) is 10.4 Å². The minimum absolute atomic E-state index is 0. The number of hydrogen-bond acceptors (Lipinski definition) is 4. The standard InChI is InChI=1S/Cu.H2O4S.H2S/c;1-5(2,3)4;/h;(H2,1,2,3,4);1H2/q+2;;/p-2. The molecule has 0 aromatic rings. The zero-order valence-corrected chi connectivity index (χ0v) is 5.60.